The number of benzene rings is 14. The van der Waals surface area contributed by atoms with Crippen molar-refractivity contribution in [2.24, 2.45) is 0 Å². The number of aromatic nitrogens is 2. The van der Waals surface area contributed by atoms with Crippen LogP contribution in [0.25, 0.3) is 55.0 Å². The molecule has 16 aromatic rings. The molecular formula is C84H53B2N5O3. The van der Waals surface area contributed by atoms with Gasteiger partial charge in [-0.3, -0.25) is 0 Å². The Bertz CT molecular complexity index is 5760. The second kappa shape index (κ2) is 20.6. The molecule has 94 heavy (non-hydrogen) atoms. The van der Waals surface area contributed by atoms with Gasteiger partial charge in [0.25, 0.3) is 13.4 Å². The maximum Gasteiger partial charge on any atom is 0.256 e. The van der Waals surface area contributed by atoms with E-state index in [4.69, 9.17) is 14.2 Å². The highest BCUT2D eigenvalue weighted by Crippen LogP contribution is 2.51. The summed E-state index contributed by atoms with van der Waals surface area (Å²) in [5.41, 5.74) is 22.7. The summed E-state index contributed by atoms with van der Waals surface area (Å²) in [6, 6.07) is 115. The van der Waals surface area contributed by atoms with Crippen LogP contribution in [0.1, 0.15) is 0 Å². The molecule has 0 saturated carbocycles. The van der Waals surface area contributed by atoms with E-state index in [1.54, 1.807) is 0 Å². The van der Waals surface area contributed by atoms with Crippen molar-refractivity contribution in [2.75, 3.05) is 14.7 Å². The van der Waals surface area contributed by atoms with Crippen LogP contribution in [-0.4, -0.2) is 22.6 Å². The van der Waals surface area contributed by atoms with Gasteiger partial charge in [0.05, 0.1) is 22.1 Å². The quantitative estimate of drug-likeness (QED) is 0.134. The molecule has 438 valence electrons. The lowest BCUT2D eigenvalue weighted by atomic mass is 9.30. The Morgan fingerprint density at radius 2 is 0.649 bits per heavy atom. The summed E-state index contributed by atoms with van der Waals surface area (Å²) in [6.07, 6.45) is 0. The SMILES string of the molecule is c1ccc(N2c3cc4c(cc3B3c5ccccc5Oc5cc(Oc6cccc7c8ccccc8n(-c8ccccc8)c67)cc2c53)B2c3ccccc3N(c3ccccc3)c3cc(Oc5cccc6c7ccccc7n(-c7ccccc7)c56)cc(c32)N4c2ccccc2)cc1. The van der Waals surface area contributed by atoms with Gasteiger partial charge in [0.1, 0.15) is 23.0 Å². The van der Waals surface area contributed by atoms with E-state index >= 15 is 0 Å². The molecule has 0 fully saturated rings. The van der Waals surface area contributed by atoms with Crippen LogP contribution in [0.2, 0.25) is 0 Å². The molecule has 0 spiro atoms. The second-order valence-electron chi connectivity index (χ2n) is 24.7. The van der Waals surface area contributed by atoms with E-state index in [0.29, 0.717) is 11.5 Å². The van der Waals surface area contributed by atoms with Crippen molar-refractivity contribution < 1.29 is 14.2 Å². The lowest BCUT2D eigenvalue weighted by molar-refractivity contribution is 0.465. The average molecular weight is 1200 g/mol. The van der Waals surface area contributed by atoms with Crippen molar-refractivity contribution in [1.29, 1.82) is 0 Å². The molecule has 20 rings (SSSR count). The Labute approximate surface area is 543 Å². The molecule has 0 aliphatic carbocycles. The summed E-state index contributed by atoms with van der Waals surface area (Å²) in [6.45, 7) is -0.422. The first-order valence-electron chi connectivity index (χ1n) is 32.1. The van der Waals surface area contributed by atoms with Gasteiger partial charge in [0, 0.05) is 108 Å². The summed E-state index contributed by atoms with van der Waals surface area (Å²) < 4.78 is 26.9. The Morgan fingerprint density at radius 1 is 0.255 bits per heavy atom. The van der Waals surface area contributed by atoms with Crippen molar-refractivity contribution >= 4 is 141 Å². The third-order valence-electron chi connectivity index (χ3n) is 19.6. The van der Waals surface area contributed by atoms with Gasteiger partial charge in [0.15, 0.2) is 11.5 Å². The van der Waals surface area contributed by atoms with E-state index in [2.05, 4.69) is 345 Å². The smallest absolute Gasteiger partial charge is 0.256 e. The van der Waals surface area contributed by atoms with E-state index in [1.165, 1.54) is 21.9 Å². The molecule has 0 unspecified atom stereocenters. The minimum absolute atomic E-state index is 0.203. The van der Waals surface area contributed by atoms with Crippen molar-refractivity contribution in [3.05, 3.63) is 322 Å². The van der Waals surface area contributed by atoms with Gasteiger partial charge >= 0.3 is 0 Å². The van der Waals surface area contributed by atoms with Crippen molar-refractivity contribution in [3.8, 4) is 45.9 Å². The highest BCUT2D eigenvalue weighted by Gasteiger charge is 2.48. The maximum absolute atomic E-state index is 7.59. The van der Waals surface area contributed by atoms with E-state index in [0.717, 1.165) is 140 Å². The summed E-state index contributed by atoms with van der Waals surface area (Å²) in [4.78, 5) is 7.38. The fourth-order valence-electron chi connectivity index (χ4n) is 15.9. The summed E-state index contributed by atoms with van der Waals surface area (Å²) in [5.74, 6) is 4.44. The zero-order valence-electron chi connectivity index (χ0n) is 50.7. The van der Waals surface area contributed by atoms with Crippen LogP contribution < -0.4 is 61.7 Å². The van der Waals surface area contributed by atoms with E-state index in [1.807, 2.05) is 0 Å². The number of fused-ring (bicyclic) bond motifs is 14. The third-order valence-corrected chi connectivity index (χ3v) is 19.6. The lowest BCUT2D eigenvalue weighted by Crippen LogP contribution is -2.64. The molecule has 0 radical (unpaired) electrons. The minimum atomic E-state index is -0.219. The van der Waals surface area contributed by atoms with Crippen LogP contribution in [0.5, 0.6) is 34.5 Å². The zero-order valence-corrected chi connectivity index (χ0v) is 50.7. The Kier molecular flexibility index (Phi) is 11.5. The Hall–Kier alpha value is -12.4. The first-order valence-corrected chi connectivity index (χ1v) is 32.1. The Balaban J connectivity index is 0.836. The standard InChI is InChI=1S/C84H53B2N5O3/c1-6-26-54(27-7-1)87-71-44-22-18-40-65(71)85-67-52-68-73(53-72(67)88(55-28-8-2-9-29-55)75-49-59(48-74(87)81(75)85)92-78-46-24-38-63-61-36-16-20-42-69(61)90(83(63)78)57-32-12-4-13-33-57)89(56-30-10-3-11-31-56)76-50-60(51-80-82(76)86(68)66-41-19-23-45-77(66)94-80)93-79-47-25-39-64-62-37-17-21-43-70(62)91(84(64)79)58-34-14-5-15-35-58/h1-53H. The molecule has 4 aliphatic heterocycles. The van der Waals surface area contributed by atoms with Crippen LogP contribution >= 0.6 is 0 Å². The second-order valence-corrected chi connectivity index (χ2v) is 24.7. The molecule has 2 aromatic heterocycles. The number of ether oxygens (including phenoxy) is 3. The molecular weight excluding hydrogens is 1150 g/mol. The van der Waals surface area contributed by atoms with Crippen molar-refractivity contribution in [2.45, 2.75) is 0 Å². The normalized spacial score (nSPS) is 13.1. The van der Waals surface area contributed by atoms with Gasteiger partial charge in [-0.1, -0.05) is 194 Å². The molecule has 0 saturated heterocycles. The summed E-state index contributed by atoms with van der Waals surface area (Å²) >= 11 is 0. The fraction of sp³-hybridized carbons (Fsp3) is 0. The monoisotopic (exact) mass is 1200 g/mol. The molecule has 14 aromatic carbocycles. The molecule has 4 aliphatic rings. The van der Waals surface area contributed by atoms with Gasteiger partial charge in [-0.05, 0) is 136 Å². The Morgan fingerprint density at radius 3 is 1.17 bits per heavy atom. The number of hydrogen-bond acceptors (Lipinski definition) is 6. The van der Waals surface area contributed by atoms with Gasteiger partial charge < -0.3 is 38.0 Å². The molecule has 6 heterocycles. The molecule has 8 nitrogen and oxygen atoms in total. The number of hydrogen-bond donors (Lipinski definition) is 0. The third kappa shape index (κ3) is 7.77. The predicted octanol–water partition coefficient (Wildman–Crippen LogP) is 18.0. The summed E-state index contributed by atoms with van der Waals surface area (Å²) in [5, 5.41) is 4.55. The lowest BCUT2D eigenvalue weighted by Gasteiger charge is -2.46. The highest BCUT2D eigenvalue weighted by atomic mass is 16.5. The number of anilines is 9. The predicted molar refractivity (Wildman–Crippen MR) is 388 cm³/mol. The number of nitrogens with zero attached hydrogens (tertiary/aromatic N) is 5. The zero-order chi connectivity index (χ0) is 61.5. The number of para-hydroxylation sites is 11. The van der Waals surface area contributed by atoms with Crippen molar-refractivity contribution in [3.63, 3.8) is 0 Å². The maximum atomic E-state index is 7.59. The van der Waals surface area contributed by atoms with E-state index < -0.39 is 0 Å². The van der Waals surface area contributed by atoms with Crippen LogP contribution in [0.15, 0.2) is 322 Å². The van der Waals surface area contributed by atoms with Crippen LogP contribution in [-0.2, 0) is 0 Å². The van der Waals surface area contributed by atoms with Crippen molar-refractivity contribution in [1.82, 2.24) is 9.13 Å². The topological polar surface area (TPSA) is 47.3 Å². The van der Waals surface area contributed by atoms with Gasteiger partial charge in [0.2, 0.25) is 0 Å². The number of rotatable bonds is 9. The molecule has 0 bridgehead atoms. The first kappa shape index (κ1) is 52.4. The van der Waals surface area contributed by atoms with Crippen LogP contribution in [0.4, 0.5) is 51.2 Å². The molecule has 10 heteroatoms. The van der Waals surface area contributed by atoms with Gasteiger partial charge in [-0.25, -0.2) is 0 Å². The summed E-state index contributed by atoms with van der Waals surface area (Å²) in [7, 11) is 0. The molecule has 0 atom stereocenters. The first-order chi connectivity index (χ1) is 46.7. The average Bonchev–Trinajstić information content (AvgIpc) is 0.928. The fourth-order valence-corrected chi connectivity index (χ4v) is 15.9. The largest absolute Gasteiger partial charge is 0.458 e. The van der Waals surface area contributed by atoms with E-state index in [9.17, 15) is 0 Å². The molecule has 0 amide bonds. The minimum Gasteiger partial charge on any atom is -0.458 e. The van der Waals surface area contributed by atoms with E-state index in [-0.39, 0.29) is 13.4 Å². The molecule has 0 N–H and O–H groups in total. The highest BCUT2D eigenvalue weighted by molar-refractivity contribution is 7.02. The van der Waals surface area contributed by atoms with Crippen LogP contribution in [0.3, 0.4) is 0 Å². The van der Waals surface area contributed by atoms with Gasteiger partial charge in [-0.2, -0.15) is 0 Å². The van der Waals surface area contributed by atoms with Crippen LogP contribution in [0, 0.1) is 0 Å². The van der Waals surface area contributed by atoms with Gasteiger partial charge in [-0.15, -0.1) is 0 Å².